The van der Waals surface area contributed by atoms with Gasteiger partial charge in [0, 0.05) is 25.2 Å². The van der Waals surface area contributed by atoms with Crippen molar-refractivity contribution in [2.24, 2.45) is 0 Å². The second-order valence-electron chi connectivity index (χ2n) is 11.1. The summed E-state index contributed by atoms with van der Waals surface area (Å²) in [7, 11) is -3.51. The van der Waals surface area contributed by atoms with Gasteiger partial charge in [0.25, 0.3) is 7.44 Å². The zero-order chi connectivity index (χ0) is 28.8. The average molecular weight is 577 g/mol. The number of carbonyl (C=O) groups excluding carboxylic acids is 1. The van der Waals surface area contributed by atoms with Crippen LogP contribution in [0.4, 0.5) is 0 Å². The summed E-state index contributed by atoms with van der Waals surface area (Å²) in [6.07, 6.45) is 7.92. The lowest BCUT2D eigenvalue weighted by Gasteiger charge is -2.36. The third-order valence-corrected chi connectivity index (χ3v) is 11.7. The Bertz CT molecular complexity index is 1470. The monoisotopic (exact) mass is 576 g/mol. The van der Waals surface area contributed by atoms with E-state index in [4.69, 9.17) is 4.74 Å². The summed E-state index contributed by atoms with van der Waals surface area (Å²) < 4.78 is 26.8. The standard InChI is InChI=1S/C36H37N2O3P/c39-36(32-21-11-4-12-22-32)41-35(26-25-29-15-5-1-6-16-29)42(40)37(27-30-17-7-2-8-18-30)33-23-13-14-24-34(33)38(42)28-31-19-9-3-10-20-31/h1-12,15-22,25-26,33-35H,13-14,23-24,27-28H2/t33-,34-,35-/m1/s1. The van der Waals surface area contributed by atoms with E-state index in [1.54, 1.807) is 12.1 Å². The highest BCUT2D eigenvalue weighted by Gasteiger charge is 2.59. The van der Waals surface area contributed by atoms with Gasteiger partial charge in [0.1, 0.15) is 0 Å². The summed E-state index contributed by atoms with van der Waals surface area (Å²) in [5.41, 5.74) is 3.61. The molecule has 1 heterocycles. The average Bonchev–Trinajstić information content (AvgIpc) is 3.28. The molecule has 42 heavy (non-hydrogen) atoms. The lowest BCUT2D eigenvalue weighted by molar-refractivity contribution is 0.0482. The van der Waals surface area contributed by atoms with Crippen LogP contribution in [0.2, 0.25) is 0 Å². The minimum atomic E-state index is -3.51. The third kappa shape index (κ3) is 6.05. The van der Waals surface area contributed by atoms with Crippen molar-refractivity contribution in [3.05, 3.63) is 150 Å². The van der Waals surface area contributed by atoms with Crippen molar-refractivity contribution >= 4 is 19.5 Å². The van der Waals surface area contributed by atoms with E-state index in [1.165, 1.54) is 0 Å². The Morgan fingerprint density at radius 1 is 0.714 bits per heavy atom. The van der Waals surface area contributed by atoms with Crippen LogP contribution in [-0.2, 0) is 22.4 Å². The number of hydrogen-bond donors (Lipinski definition) is 0. The highest BCUT2D eigenvalue weighted by molar-refractivity contribution is 7.60. The molecule has 3 atom stereocenters. The summed E-state index contributed by atoms with van der Waals surface area (Å²) in [6.45, 7) is 1.06. The number of rotatable bonds is 9. The fraction of sp³-hybridized carbons (Fsp3) is 0.250. The van der Waals surface area contributed by atoms with Gasteiger partial charge >= 0.3 is 5.97 Å². The minimum absolute atomic E-state index is 0.108. The van der Waals surface area contributed by atoms with Gasteiger partial charge in [-0.1, -0.05) is 128 Å². The van der Waals surface area contributed by atoms with Gasteiger partial charge in [-0.2, -0.15) is 0 Å². The lowest BCUT2D eigenvalue weighted by atomic mass is 9.90. The van der Waals surface area contributed by atoms with Crippen molar-refractivity contribution in [2.45, 2.75) is 56.7 Å². The van der Waals surface area contributed by atoms with Crippen LogP contribution in [0.5, 0.6) is 0 Å². The maximum atomic E-state index is 16.1. The van der Waals surface area contributed by atoms with Gasteiger partial charge in [-0.15, -0.1) is 0 Å². The zero-order valence-electron chi connectivity index (χ0n) is 23.7. The normalized spacial score (nSPS) is 21.1. The van der Waals surface area contributed by atoms with Crippen molar-refractivity contribution in [3.63, 3.8) is 0 Å². The number of nitrogens with zero attached hydrogens (tertiary/aromatic N) is 2. The molecule has 0 N–H and O–H groups in total. The molecule has 5 nitrogen and oxygen atoms in total. The molecule has 1 aliphatic carbocycles. The van der Waals surface area contributed by atoms with E-state index in [-0.39, 0.29) is 12.1 Å². The molecule has 0 amide bonds. The summed E-state index contributed by atoms with van der Waals surface area (Å²) in [4.78, 5) is 13.6. The van der Waals surface area contributed by atoms with Gasteiger partial charge in [0.2, 0.25) is 0 Å². The van der Waals surface area contributed by atoms with Crippen LogP contribution in [0.15, 0.2) is 127 Å². The summed E-state index contributed by atoms with van der Waals surface area (Å²) in [6, 6.07) is 39.6. The van der Waals surface area contributed by atoms with Crippen molar-refractivity contribution in [3.8, 4) is 0 Å². The Balaban J connectivity index is 1.47. The fourth-order valence-corrected chi connectivity index (χ4v) is 9.90. The third-order valence-electron chi connectivity index (χ3n) is 8.39. The Kier molecular flexibility index (Phi) is 8.81. The van der Waals surface area contributed by atoms with Crippen molar-refractivity contribution < 1.29 is 14.1 Å². The van der Waals surface area contributed by atoms with Gasteiger partial charge in [0.05, 0.1) is 5.56 Å². The molecule has 0 aromatic heterocycles. The lowest BCUT2D eigenvalue weighted by Crippen LogP contribution is -2.39. The van der Waals surface area contributed by atoms with E-state index in [9.17, 15) is 4.79 Å². The first-order valence-corrected chi connectivity index (χ1v) is 16.5. The van der Waals surface area contributed by atoms with E-state index in [2.05, 4.69) is 33.6 Å². The van der Waals surface area contributed by atoms with E-state index >= 15 is 4.57 Å². The van der Waals surface area contributed by atoms with Crippen LogP contribution < -0.4 is 0 Å². The molecule has 0 spiro atoms. The van der Waals surface area contributed by atoms with Crippen molar-refractivity contribution in [2.75, 3.05) is 0 Å². The highest BCUT2D eigenvalue weighted by Crippen LogP contribution is 2.68. The maximum Gasteiger partial charge on any atom is 0.339 e. The van der Waals surface area contributed by atoms with E-state index < -0.39 is 19.3 Å². The smallest absolute Gasteiger partial charge is 0.339 e. The van der Waals surface area contributed by atoms with Crippen LogP contribution in [-0.4, -0.2) is 33.2 Å². The SMILES string of the molecule is O=C(O[C@@H](C=Cc1ccccc1)P1(=O)N(Cc2ccccc2)[C@@H]2CCCC[C@H]2N1Cc1ccccc1)c1ccccc1. The summed E-state index contributed by atoms with van der Waals surface area (Å²) in [5.74, 6) is -1.42. The highest BCUT2D eigenvalue weighted by atomic mass is 31.2. The van der Waals surface area contributed by atoms with Crippen LogP contribution in [0.1, 0.15) is 52.7 Å². The quantitative estimate of drug-likeness (QED) is 0.148. The van der Waals surface area contributed by atoms with Gasteiger partial charge in [-0.3, -0.25) is 4.57 Å². The Hall–Kier alpha value is -3.76. The van der Waals surface area contributed by atoms with E-state index in [0.717, 1.165) is 42.4 Å². The molecule has 1 saturated heterocycles. The van der Waals surface area contributed by atoms with Gasteiger partial charge in [-0.25, -0.2) is 14.1 Å². The Morgan fingerprint density at radius 3 is 1.67 bits per heavy atom. The topological polar surface area (TPSA) is 49.9 Å². The van der Waals surface area contributed by atoms with E-state index in [1.807, 2.05) is 97.1 Å². The molecule has 1 aliphatic heterocycles. The number of benzene rings is 4. The first kappa shape index (κ1) is 28.4. The first-order chi connectivity index (χ1) is 20.6. The molecule has 4 aromatic rings. The van der Waals surface area contributed by atoms with Crippen LogP contribution in [0.3, 0.4) is 0 Å². The molecule has 2 fully saturated rings. The van der Waals surface area contributed by atoms with E-state index in [0.29, 0.717) is 18.7 Å². The molecule has 214 valence electrons. The molecule has 0 bridgehead atoms. The molecule has 6 heteroatoms. The number of carbonyl (C=O) groups is 1. The molecule has 4 aromatic carbocycles. The fourth-order valence-electron chi connectivity index (χ4n) is 6.36. The predicted molar refractivity (Wildman–Crippen MR) is 169 cm³/mol. The first-order valence-electron chi connectivity index (χ1n) is 14.8. The van der Waals surface area contributed by atoms with Crippen LogP contribution >= 0.6 is 7.44 Å². The molecule has 0 unspecified atom stereocenters. The Morgan fingerprint density at radius 2 is 1.17 bits per heavy atom. The second-order valence-corrected chi connectivity index (χ2v) is 13.8. The number of hydrogen-bond acceptors (Lipinski definition) is 3. The molecule has 2 aliphatic rings. The van der Waals surface area contributed by atoms with Gasteiger partial charge in [-0.05, 0) is 47.7 Å². The van der Waals surface area contributed by atoms with Crippen molar-refractivity contribution in [1.82, 2.24) is 9.34 Å². The van der Waals surface area contributed by atoms with Crippen LogP contribution in [0.25, 0.3) is 6.08 Å². The largest absolute Gasteiger partial charge is 0.444 e. The van der Waals surface area contributed by atoms with Crippen molar-refractivity contribution in [1.29, 1.82) is 0 Å². The van der Waals surface area contributed by atoms with Gasteiger partial charge < -0.3 is 4.74 Å². The zero-order valence-corrected chi connectivity index (χ0v) is 24.6. The number of ether oxygens (including phenoxy) is 1. The maximum absolute atomic E-state index is 16.1. The second kappa shape index (κ2) is 13.0. The molecule has 6 rings (SSSR count). The minimum Gasteiger partial charge on any atom is -0.444 e. The Labute approximate surface area is 248 Å². The number of esters is 1. The molecule has 0 radical (unpaired) electrons. The molecular formula is C36H37N2O3P. The van der Waals surface area contributed by atoms with Gasteiger partial charge in [0.15, 0.2) is 5.85 Å². The predicted octanol–water partition coefficient (Wildman–Crippen LogP) is 8.41. The molecular weight excluding hydrogens is 539 g/mol. The summed E-state index contributed by atoms with van der Waals surface area (Å²) >= 11 is 0. The molecule has 1 saturated carbocycles. The van der Waals surface area contributed by atoms with Crippen LogP contribution in [0, 0.1) is 0 Å². The number of fused-ring (bicyclic) bond motifs is 1. The summed E-state index contributed by atoms with van der Waals surface area (Å²) in [5, 5.41) is 0.